The average molecular weight is 218 g/mol. The second-order valence-electron chi connectivity index (χ2n) is 5.82. The van der Waals surface area contributed by atoms with Crippen LogP contribution in [0.5, 0.6) is 0 Å². The van der Waals surface area contributed by atoms with Gasteiger partial charge in [-0.25, -0.2) is 0 Å². The van der Waals surface area contributed by atoms with Crippen molar-refractivity contribution in [2.75, 3.05) is 7.11 Å². The highest BCUT2D eigenvalue weighted by Crippen LogP contribution is 2.39. The van der Waals surface area contributed by atoms with E-state index in [1.807, 2.05) is 7.11 Å². The van der Waals surface area contributed by atoms with Gasteiger partial charge in [0, 0.05) is 7.11 Å². The molecule has 0 N–H and O–H groups in total. The standard InChI is InChI=1S/C15H22O/c1-15(2,3)14(16-4)13-10-6-8-11-7-5-9-12(11)13/h6,8,10,14H,5,7,9H2,1-4H3. The second-order valence-corrected chi connectivity index (χ2v) is 5.82. The molecule has 1 nitrogen and oxygen atoms in total. The molecule has 88 valence electrons. The summed E-state index contributed by atoms with van der Waals surface area (Å²) >= 11 is 0. The minimum atomic E-state index is 0.159. The number of hydrogen-bond donors (Lipinski definition) is 0. The highest BCUT2D eigenvalue weighted by molar-refractivity contribution is 5.40. The zero-order valence-corrected chi connectivity index (χ0v) is 10.8. The quantitative estimate of drug-likeness (QED) is 0.731. The number of methoxy groups -OCH3 is 1. The number of hydrogen-bond acceptors (Lipinski definition) is 1. The molecule has 0 fully saturated rings. The molecular formula is C15H22O. The van der Waals surface area contributed by atoms with E-state index < -0.39 is 0 Å². The van der Waals surface area contributed by atoms with Crippen molar-refractivity contribution in [3.8, 4) is 0 Å². The third-order valence-corrected chi connectivity index (χ3v) is 3.49. The zero-order chi connectivity index (χ0) is 11.8. The van der Waals surface area contributed by atoms with Crippen LogP contribution >= 0.6 is 0 Å². The van der Waals surface area contributed by atoms with Gasteiger partial charge in [-0.1, -0.05) is 39.0 Å². The van der Waals surface area contributed by atoms with Crippen molar-refractivity contribution in [1.82, 2.24) is 0 Å². The van der Waals surface area contributed by atoms with E-state index in [0.717, 1.165) is 0 Å². The first-order chi connectivity index (χ1) is 7.54. The lowest BCUT2D eigenvalue weighted by Gasteiger charge is -2.31. The van der Waals surface area contributed by atoms with E-state index in [2.05, 4.69) is 39.0 Å². The van der Waals surface area contributed by atoms with Crippen LogP contribution in [0, 0.1) is 5.41 Å². The molecule has 0 heterocycles. The summed E-state index contributed by atoms with van der Waals surface area (Å²) in [6.45, 7) is 6.74. The number of rotatable bonds is 2. The maximum absolute atomic E-state index is 5.73. The Hall–Kier alpha value is -0.820. The fourth-order valence-electron chi connectivity index (χ4n) is 2.84. The zero-order valence-electron chi connectivity index (χ0n) is 10.8. The van der Waals surface area contributed by atoms with Crippen LogP contribution < -0.4 is 0 Å². The van der Waals surface area contributed by atoms with Crippen LogP contribution in [0.2, 0.25) is 0 Å². The van der Waals surface area contributed by atoms with Gasteiger partial charge in [-0.05, 0) is 41.4 Å². The Kier molecular flexibility index (Phi) is 3.07. The van der Waals surface area contributed by atoms with E-state index in [9.17, 15) is 0 Å². The molecule has 1 heteroatoms. The van der Waals surface area contributed by atoms with Gasteiger partial charge in [0.05, 0.1) is 6.10 Å². The largest absolute Gasteiger partial charge is 0.376 e. The van der Waals surface area contributed by atoms with Gasteiger partial charge in [0.25, 0.3) is 0 Å². The number of benzene rings is 1. The molecule has 0 radical (unpaired) electrons. The van der Waals surface area contributed by atoms with Crippen LogP contribution in [-0.2, 0) is 17.6 Å². The van der Waals surface area contributed by atoms with Gasteiger partial charge in [-0.3, -0.25) is 0 Å². The minimum Gasteiger partial charge on any atom is -0.376 e. The Morgan fingerprint density at radius 3 is 2.56 bits per heavy atom. The molecule has 0 bridgehead atoms. The summed E-state index contributed by atoms with van der Waals surface area (Å²) in [6, 6.07) is 6.68. The lowest BCUT2D eigenvalue weighted by atomic mass is 9.82. The van der Waals surface area contributed by atoms with Crippen molar-refractivity contribution in [2.45, 2.75) is 46.1 Å². The number of ether oxygens (including phenoxy) is 1. The first-order valence-electron chi connectivity index (χ1n) is 6.17. The molecule has 0 aliphatic heterocycles. The van der Waals surface area contributed by atoms with Crippen molar-refractivity contribution in [2.24, 2.45) is 5.41 Å². The van der Waals surface area contributed by atoms with Crippen LogP contribution in [0.15, 0.2) is 18.2 Å². The highest BCUT2D eigenvalue weighted by atomic mass is 16.5. The fraction of sp³-hybridized carbons (Fsp3) is 0.600. The molecule has 1 aromatic carbocycles. The van der Waals surface area contributed by atoms with Crippen LogP contribution in [0.25, 0.3) is 0 Å². The summed E-state index contributed by atoms with van der Waals surface area (Å²) < 4.78 is 5.73. The van der Waals surface area contributed by atoms with Crippen LogP contribution in [-0.4, -0.2) is 7.11 Å². The lowest BCUT2D eigenvalue weighted by molar-refractivity contribution is 0.0146. The van der Waals surface area contributed by atoms with E-state index >= 15 is 0 Å². The van der Waals surface area contributed by atoms with E-state index in [1.54, 1.807) is 5.56 Å². The molecule has 0 saturated heterocycles. The van der Waals surface area contributed by atoms with Crippen molar-refractivity contribution >= 4 is 0 Å². The summed E-state index contributed by atoms with van der Waals surface area (Å²) in [7, 11) is 1.82. The van der Waals surface area contributed by atoms with Crippen molar-refractivity contribution in [1.29, 1.82) is 0 Å². The molecule has 1 unspecified atom stereocenters. The lowest BCUT2D eigenvalue weighted by Crippen LogP contribution is -2.21. The molecule has 0 saturated carbocycles. The summed E-state index contributed by atoms with van der Waals surface area (Å²) in [5.74, 6) is 0. The minimum absolute atomic E-state index is 0.159. The maximum atomic E-state index is 5.73. The topological polar surface area (TPSA) is 9.23 Å². The van der Waals surface area contributed by atoms with Gasteiger partial charge < -0.3 is 4.74 Å². The third-order valence-electron chi connectivity index (χ3n) is 3.49. The molecule has 16 heavy (non-hydrogen) atoms. The molecule has 1 atom stereocenters. The monoisotopic (exact) mass is 218 g/mol. The van der Waals surface area contributed by atoms with Crippen molar-refractivity contribution in [3.05, 3.63) is 34.9 Å². The Bertz CT molecular complexity index is 374. The molecule has 0 spiro atoms. The third kappa shape index (κ3) is 2.01. The van der Waals surface area contributed by atoms with Gasteiger partial charge in [0.2, 0.25) is 0 Å². The van der Waals surface area contributed by atoms with Gasteiger partial charge in [-0.2, -0.15) is 0 Å². The average Bonchev–Trinajstić information content (AvgIpc) is 2.65. The van der Waals surface area contributed by atoms with Gasteiger partial charge in [0.1, 0.15) is 0 Å². The molecule has 0 aromatic heterocycles. The van der Waals surface area contributed by atoms with E-state index in [0.29, 0.717) is 0 Å². The molecule has 1 aliphatic carbocycles. The molecule has 1 aliphatic rings. The summed E-state index contributed by atoms with van der Waals surface area (Å²) in [5.41, 5.74) is 4.64. The van der Waals surface area contributed by atoms with E-state index in [1.165, 1.54) is 30.4 Å². The van der Waals surface area contributed by atoms with Crippen LogP contribution in [0.1, 0.15) is 50.0 Å². The Morgan fingerprint density at radius 2 is 1.94 bits per heavy atom. The molecule has 1 aromatic rings. The second kappa shape index (κ2) is 4.21. The summed E-state index contributed by atoms with van der Waals surface area (Å²) in [5, 5.41) is 0. The Balaban J connectivity index is 2.43. The molecule has 0 amide bonds. The summed E-state index contributed by atoms with van der Waals surface area (Å²) in [6.07, 6.45) is 3.97. The van der Waals surface area contributed by atoms with E-state index in [-0.39, 0.29) is 11.5 Å². The van der Waals surface area contributed by atoms with Gasteiger partial charge >= 0.3 is 0 Å². The van der Waals surface area contributed by atoms with Crippen molar-refractivity contribution < 1.29 is 4.74 Å². The normalized spacial score (nSPS) is 17.2. The molecule has 2 rings (SSSR count). The van der Waals surface area contributed by atoms with Gasteiger partial charge in [0.15, 0.2) is 0 Å². The Morgan fingerprint density at radius 1 is 1.19 bits per heavy atom. The predicted octanol–water partition coefficient (Wildman–Crippen LogP) is 3.91. The fourth-order valence-corrected chi connectivity index (χ4v) is 2.84. The van der Waals surface area contributed by atoms with Crippen LogP contribution in [0.3, 0.4) is 0 Å². The first kappa shape index (κ1) is 11.7. The smallest absolute Gasteiger partial charge is 0.0872 e. The van der Waals surface area contributed by atoms with Crippen molar-refractivity contribution in [3.63, 3.8) is 0 Å². The highest BCUT2D eigenvalue weighted by Gasteiger charge is 2.29. The predicted molar refractivity (Wildman–Crippen MR) is 67.7 cm³/mol. The summed E-state index contributed by atoms with van der Waals surface area (Å²) in [4.78, 5) is 0. The number of fused-ring (bicyclic) bond motifs is 1. The SMILES string of the molecule is COC(c1cccc2c1CCC2)C(C)(C)C. The maximum Gasteiger partial charge on any atom is 0.0872 e. The first-order valence-corrected chi connectivity index (χ1v) is 6.17. The van der Waals surface area contributed by atoms with E-state index in [4.69, 9.17) is 4.74 Å². The number of aryl methyl sites for hydroxylation is 1. The van der Waals surface area contributed by atoms with Crippen LogP contribution in [0.4, 0.5) is 0 Å². The Labute approximate surface area is 98.8 Å². The van der Waals surface area contributed by atoms with Gasteiger partial charge in [-0.15, -0.1) is 0 Å². The molecular weight excluding hydrogens is 196 g/mol.